The van der Waals surface area contributed by atoms with E-state index in [2.05, 4.69) is 4.98 Å². The maximum Gasteiger partial charge on any atom is 0.252 e. The van der Waals surface area contributed by atoms with E-state index in [1.807, 2.05) is 19.9 Å². The Bertz CT molecular complexity index is 1230. The highest BCUT2D eigenvalue weighted by atomic mass is 19.2. The van der Waals surface area contributed by atoms with Crippen LogP contribution >= 0.6 is 0 Å². The highest BCUT2D eigenvalue weighted by Gasteiger charge is 2.22. The second kappa shape index (κ2) is 9.85. The van der Waals surface area contributed by atoms with E-state index in [-0.39, 0.29) is 40.2 Å². The summed E-state index contributed by atoms with van der Waals surface area (Å²) < 4.78 is 41.0. The van der Waals surface area contributed by atoms with Crippen LogP contribution in [0, 0.1) is 24.4 Å². The van der Waals surface area contributed by atoms with Gasteiger partial charge in [-0.2, -0.15) is 0 Å². The Kier molecular flexibility index (Phi) is 7.18. The van der Waals surface area contributed by atoms with Crippen molar-refractivity contribution in [2.24, 2.45) is 0 Å². The fraction of sp³-hybridized carbons (Fsp3) is 0.280. The molecule has 1 amide bonds. The number of H-pyrrole nitrogens is 1. The van der Waals surface area contributed by atoms with Gasteiger partial charge in [0, 0.05) is 24.0 Å². The lowest BCUT2D eigenvalue weighted by molar-refractivity contribution is -0.130. The molecule has 1 N–H and O–H groups in total. The number of hydrogen-bond acceptors (Lipinski definition) is 2. The Balaban J connectivity index is 0.00000141. The molecule has 7 heteroatoms. The van der Waals surface area contributed by atoms with Crippen molar-refractivity contribution in [1.82, 2.24) is 9.88 Å². The Morgan fingerprint density at radius 3 is 2.38 bits per heavy atom. The summed E-state index contributed by atoms with van der Waals surface area (Å²) in [6, 6.07) is 8.44. The number of pyridine rings is 1. The summed E-state index contributed by atoms with van der Waals surface area (Å²) in [7, 11) is 0. The number of fused-ring (bicyclic) bond motifs is 1. The molecule has 1 aromatic heterocycles. The molecule has 2 aromatic carbocycles. The van der Waals surface area contributed by atoms with Gasteiger partial charge in [-0.1, -0.05) is 32.1 Å². The summed E-state index contributed by atoms with van der Waals surface area (Å²) in [6.07, 6.45) is 2.30. The molecule has 168 valence electrons. The molecule has 1 aliphatic heterocycles. The first kappa shape index (κ1) is 23.3. The molecule has 0 spiro atoms. The van der Waals surface area contributed by atoms with Crippen LogP contribution in [0.3, 0.4) is 0 Å². The monoisotopic (exact) mass is 442 g/mol. The Hall–Kier alpha value is -3.35. The first-order valence-electron chi connectivity index (χ1n) is 10.6. The fourth-order valence-corrected chi connectivity index (χ4v) is 3.84. The maximum absolute atomic E-state index is 14.3. The van der Waals surface area contributed by atoms with E-state index in [1.54, 1.807) is 17.0 Å². The second-order valence-corrected chi connectivity index (χ2v) is 7.34. The third-order valence-electron chi connectivity index (χ3n) is 5.55. The van der Waals surface area contributed by atoms with Crippen molar-refractivity contribution in [3.05, 3.63) is 87.0 Å². The maximum atomic E-state index is 14.3. The zero-order valence-electron chi connectivity index (χ0n) is 18.3. The molecule has 0 bridgehead atoms. The number of nitrogens with zero attached hydrogens (tertiary/aromatic N) is 1. The van der Waals surface area contributed by atoms with Gasteiger partial charge in [-0.15, -0.1) is 0 Å². The number of carbonyl (C=O) groups is 1. The normalized spacial score (nSPS) is 13.4. The molecule has 0 fully saturated rings. The van der Waals surface area contributed by atoms with Crippen LogP contribution in [0.25, 0.3) is 16.5 Å². The number of carbonyl (C=O) groups excluding carboxylic acids is 1. The van der Waals surface area contributed by atoms with Gasteiger partial charge in [0.25, 0.3) is 5.56 Å². The van der Waals surface area contributed by atoms with Crippen LogP contribution in [0.5, 0.6) is 0 Å². The van der Waals surface area contributed by atoms with Crippen LogP contribution in [0.4, 0.5) is 13.2 Å². The van der Waals surface area contributed by atoms with Crippen LogP contribution in [-0.4, -0.2) is 28.9 Å². The molecule has 0 radical (unpaired) electrons. The summed E-state index contributed by atoms with van der Waals surface area (Å²) in [4.78, 5) is 29.4. The fourth-order valence-electron chi connectivity index (χ4n) is 3.84. The van der Waals surface area contributed by atoms with E-state index in [0.29, 0.717) is 19.5 Å². The molecule has 0 saturated heterocycles. The number of hydrogen-bond donors (Lipinski definition) is 1. The molecule has 4 rings (SSSR count). The van der Waals surface area contributed by atoms with Gasteiger partial charge in [-0.3, -0.25) is 9.59 Å². The van der Waals surface area contributed by atoms with Crippen molar-refractivity contribution in [3.63, 3.8) is 0 Å². The average molecular weight is 442 g/mol. The third kappa shape index (κ3) is 4.61. The number of aromatic nitrogens is 1. The van der Waals surface area contributed by atoms with Crippen LogP contribution in [0.2, 0.25) is 0 Å². The lowest BCUT2D eigenvalue weighted by Gasteiger charge is -2.27. The lowest BCUT2D eigenvalue weighted by atomic mass is 9.98. The number of rotatable bonds is 3. The minimum absolute atomic E-state index is 0.0189. The molecule has 0 aliphatic carbocycles. The first-order chi connectivity index (χ1) is 15.3. The van der Waals surface area contributed by atoms with Crippen LogP contribution in [-0.2, 0) is 11.2 Å². The lowest BCUT2D eigenvalue weighted by Crippen LogP contribution is -2.37. The topological polar surface area (TPSA) is 53.2 Å². The largest absolute Gasteiger partial charge is 0.338 e. The molecular weight excluding hydrogens is 417 g/mol. The minimum Gasteiger partial charge on any atom is -0.338 e. The third-order valence-corrected chi connectivity index (χ3v) is 5.55. The standard InChI is InChI=1S/C23H19F3N2O2.C2H6/c1-13-17(23(30)27-19-7-6-18(25)22(26)21(13)19)12-20(29)28-10-8-15(9-11-28)14-2-4-16(24)5-3-14;1-2/h2-8H,9-12H2,1H3,(H,27,30);1-2H3. The van der Waals surface area contributed by atoms with Gasteiger partial charge in [0.2, 0.25) is 5.91 Å². The zero-order chi connectivity index (χ0) is 23.4. The van der Waals surface area contributed by atoms with Gasteiger partial charge < -0.3 is 9.88 Å². The van der Waals surface area contributed by atoms with Gasteiger partial charge in [0.1, 0.15) is 5.82 Å². The number of nitrogens with one attached hydrogen (secondary N) is 1. The quantitative estimate of drug-likeness (QED) is 0.611. The van der Waals surface area contributed by atoms with E-state index in [0.717, 1.165) is 17.2 Å². The number of benzene rings is 2. The minimum atomic E-state index is -1.04. The Morgan fingerprint density at radius 2 is 1.75 bits per heavy atom. The predicted octanol–water partition coefficient (Wildman–Crippen LogP) is 5.14. The van der Waals surface area contributed by atoms with Crippen molar-refractivity contribution in [3.8, 4) is 0 Å². The van der Waals surface area contributed by atoms with E-state index in [9.17, 15) is 22.8 Å². The predicted molar refractivity (Wildman–Crippen MR) is 120 cm³/mol. The molecular formula is C25H25F3N2O2. The highest BCUT2D eigenvalue weighted by Crippen LogP contribution is 2.25. The summed E-state index contributed by atoms with van der Waals surface area (Å²) >= 11 is 0. The average Bonchev–Trinajstić information content (AvgIpc) is 2.81. The summed E-state index contributed by atoms with van der Waals surface area (Å²) in [5, 5.41) is -0.0189. The van der Waals surface area contributed by atoms with Crippen molar-refractivity contribution in [2.45, 2.75) is 33.6 Å². The molecule has 2 heterocycles. The van der Waals surface area contributed by atoms with Crippen molar-refractivity contribution in [2.75, 3.05) is 13.1 Å². The summed E-state index contributed by atoms with van der Waals surface area (Å²) in [5.41, 5.74) is 2.03. The van der Waals surface area contributed by atoms with Gasteiger partial charge in [-0.25, -0.2) is 13.2 Å². The van der Waals surface area contributed by atoms with Crippen LogP contribution in [0.15, 0.2) is 47.3 Å². The summed E-state index contributed by atoms with van der Waals surface area (Å²) in [5.74, 6) is -2.63. The molecule has 3 aromatic rings. The molecule has 0 unspecified atom stereocenters. The van der Waals surface area contributed by atoms with E-state index in [4.69, 9.17) is 0 Å². The molecule has 4 nitrogen and oxygen atoms in total. The molecule has 0 saturated carbocycles. The molecule has 1 aliphatic rings. The Labute approximate surface area is 184 Å². The van der Waals surface area contributed by atoms with Gasteiger partial charge in [0.15, 0.2) is 11.6 Å². The summed E-state index contributed by atoms with van der Waals surface area (Å²) in [6.45, 7) is 6.33. The highest BCUT2D eigenvalue weighted by molar-refractivity contribution is 5.86. The molecule has 32 heavy (non-hydrogen) atoms. The smallest absolute Gasteiger partial charge is 0.252 e. The van der Waals surface area contributed by atoms with Gasteiger partial charge >= 0.3 is 0 Å². The number of aromatic amines is 1. The van der Waals surface area contributed by atoms with E-state index in [1.165, 1.54) is 25.1 Å². The number of amides is 1. The van der Waals surface area contributed by atoms with Crippen LogP contribution in [0.1, 0.15) is 37.0 Å². The van der Waals surface area contributed by atoms with Crippen molar-refractivity contribution < 1.29 is 18.0 Å². The van der Waals surface area contributed by atoms with Crippen LogP contribution < -0.4 is 5.56 Å². The number of aryl methyl sites for hydroxylation is 1. The van der Waals surface area contributed by atoms with E-state index < -0.39 is 17.2 Å². The van der Waals surface area contributed by atoms with Crippen molar-refractivity contribution >= 4 is 22.4 Å². The van der Waals surface area contributed by atoms with Gasteiger partial charge in [-0.05, 0) is 54.3 Å². The van der Waals surface area contributed by atoms with E-state index >= 15 is 0 Å². The Morgan fingerprint density at radius 1 is 1.06 bits per heavy atom. The number of halogens is 3. The first-order valence-corrected chi connectivity index (χ1v) is 10.6. The van der Waals surface area contributed by atoms with Crippen molar-refractivity contribution in [1.29, 1.82) is 0 Å². The second-order valence-electron chi connectivity index (χ2n) is 7.34. The molecule has 0 atom stereocenters. The zero-order valence-corrected chi connectivity index (χ0v) is 18.3. The SMILES string of the molecule is CC.Cc1c(CC(=O)N2CC=C(c3ccc(F)cc3)CC2)c(=O)[nH]c2ccc(F)c(F)c12. The van der Waals surface area contributed by atoms with Gasteiger partial charge in [0.05, 0.1) is 11.9 Å².